The lowest BCUT2D eigenvalue weighted by molar-refractivity contribution is 0.0350. The number of halogens is 3. The molecule has 0 saturated carbocycles. The molecule has 1 aromatic carbocycles. The third-order valence-corrected chi connectivity index (χ3v) is 7.29. The summed E-state index contributed by atoms with van der Waals surface area (Å²) < 4.78 is 0.831. The standard InChI is InChI=1S/C17H23I3N4O7/c1-22-24(4-8(28)6-26)17(31)12-14(19)10(9(29)2-21)13(18)11(15(12)20)16(30)23-3-7(27)5-25/h7-8,22,25-28H,2-6,21H2,1H3,(H,23,30). The Hall–Kier alpha value is -0.220. The molecule has 0 aliphatic heterocycles. The molecule has 1 aromatic rings. The number of hydrazine groups is 1. The van der Waals surface area contributed by atoms with Gasteiger partial charge in [-0.15, -0.1) is 0 Å². The average Bonchev–Trinajstić information content (AvgIpc) is 2.74. The maximum Gasteiger partial charge on any atom is 0.270 e. The normalized spacial score (nSPS) is 12.9. The first-order valence-corrected chi connectivity index (χ1v) is 12.1. The van der Waals surface area contributed by atoms with E-state index in [4.69, 9.17) is 15.9 Å². The first-order valence-electron chi connectivity index (χ1n) is 8.84. The zero-order valence-electron chi connectivity index (χ0n) is 16.4. The Morgan fingerprint density at radius 1 is 0.968 bits per heavy atom. The number of Topliss-reactive ketones (excluding diaryl/α,β-unsaturated/α-hetero) is 1. The van der Waals surface area contributed by atoms with Crippen molar-refractivity contribution in [1.82, 2.24) is 15.8 Å². The maximum atomic E-state index is 13.2. The number of aliphatic hydroxyl groups excluding tert-OH is 4. The van der Waals surface area contributed by atoms with E-state index in [2.05, 4.69) is 10.7 Å². The van der Waals surface area contributed by atoms with Crippen LogP contribution in [0.15, 0.2) is 0 Å². The van der Waals surface area contributed by atoms with Gasteiger partial charge in [0, 0.05) is 29.9 Å². The fourth-order valence-corrected chi connectivity index (χ4v) is 7.16. The second kappa shape index (κ2) is 13.5. The van der Waals surface area contributed by atoms with Gasteiger partial charge >= 0.3 is 0 Å². The first kappa shape index (κ1) is 28.8. The maximum absolute atomic E-state index is 13.2. The Morgan fingerprint density at radius 3 is 1.97 bits per heavy atom. The van der Waals surface area contributed by atoms with Crippen molar-refractivity contribution < 1.29 is 34.8 Å². The summed E-state index contributed by atoms with van der Waals surface area (Å²) >= 11 is 5.49. The van der Waals surface area contributed by atoms with Gasteiger partial charge in [0.1, 0.15) is 0 Å². The SMILES string of the molecule is CNN(CC(O)CO)C(=O)c1c(I)c(C(=O)CN)c(I)c(C(=O)NCC(O)CO)c1I. The molecule has 0 fully saturated rings. The molecular formula is C17H23I3N4O7. The molecule has 0 aromatic heterocycles. The van der Waals surface area contributed by atoms with Gasteiger partial charge in [0.25, 0.3) is 11.8 Å². The van der Waals surface area contributed by atoms with Crippen LogP contribution >= 0.6 is 67.8 Å². The summed E-state index contributed by atoms with van der Waals surface area (Å²) in [4.78, 5) is 38.6. The van der Waals surface area contributed by atoms with E-state index in [1.807, 2.05) is 67.8 Å². The van der Waals surface area contributed by atoms with Crippen molar-refractivity contribution in [2.24, 2.45) is 5.73 Å². The number of benzene rings is 1. The summed E-state index contributed by atoms with van der Waals surface area (Å²) in [6.45, 7) is -1.93. The topological polar surface area (TPSA) is 185 Å². The van der Waals surface area contributed by atoms with Gasteiger partial charge in [0.2, 0.25) is 0 Å². The molecule has 0 radical (unpaired) electrons. The molecule has 0 heterocycles. The third kappa shape index (κ3) is 7.13. The molecule has 0 spiro atoms. The van der Waals surface area contributed by atoms with Gasteiger partial charge in [-0.05, 0) is 67.8 Å². The summed E-state index contributed by atoms with van der Waals surface area (Å²) in [5, 5.41) is 40.8. The van der Waals surface area contributed by atoms with Crippen LogP contribution < -0.4 is 16.5 Å². The second-order valence-electron chi connectivity index (χ2n) is 6.22. The number of nitrogens with two attached hydrogens (primary N) is 1. The number of hydrogen-bond donors (Lipinski definition) is 7. The molecule has 2 unspecified atom stereocenters. The Morgan fingerprint density at radius 2 is 1.48 bits per heavy atom. The fourth-order valence-electron chi connectivity index (χ4n) is 2.44. The number of rotatable bonds is 11. The molecule has 2 amide bonds. The molecular weight excluding hydrogens is 753 g/mol. The van der Waals surface area contributed by atoms with E-state index in [0.717, 1.165) is 5.01 Å². The number of carbonyl (C=O) groups is 3. The lowest BCUT2D eigenvalue weighted by Gasteiger charge is -2.26. The highest BCUT2D eigenvalue weighted by Crippen LogP contribution is 2.33. The van der Waals surface area contributed by atoms with Crippen molar-refractivity contribution in [3.05, 3.63) is 27.4 Å². The summed E-state index contributed by atoms with van der Waals surface area (Å²) in [6, 6.07) is 0. The molecule has 0 saturated heterocycles. The van der Waals surface area contributed by atoms with Gasteiger partial charge in [-0.2, -0.15) is 0 Å². The number of nitrogens with zero attached hydrogens (tertiary/aromatic N) is 1. The van der Waals surface area contributed by atoms with E-state index in [1.54, 1.807) is 0 Å². The van der Waals surface area contributed by atoms with Crippen LogP contribution in [-0.4, -0.2) is 95.1 Å². The Kier molecular flexibility index (Phi) is 12.5. The third-order valence-electron chi connectivity index (χ3n) is 4.05. The van der Waals surface area contributed by atoms with Crippen LogP contribution in [0.1, 0.15) is 31.1 Å². The largest absolute Gasteiger partial charge is 0.394 e. The van der Waals surface area contributed by atoms with Crippen molar-refractivity contribution in [2.75, 3.05) is 39.9 Å². The van der Waals surface area contributed by atoms with Gasteiger partial charge < -0.3 is 31.5 Å². The number of ketones is 1. The minimum absolute atomic E-state index is 0.0469. The molecule has 2 atom stereocenters. The second-order valence-corrected chi connectivity index (χ2v) is 9.45. The van der Waals surface area contributed by atoms with Crippen molar-refractivity contribution in [1.29, 1.82) is 0 Å². The molecule has 0 aliphatic carbocycles. The number of hydrogen-bond acceptors (Lipinski definition) is 9. The summed E-state index contributed by atoms with van der Waals surface area (Å²) in [5.74, 6) is -1.75. The Labute approximate surface area is 219 Å². The van der Waals surface area contributed by atoms with Gasteiger partial charge in [-0.25, -0.2) is 5.43 Å². The fraction of sp³-hybridized carbons (Fsp3) is 0.471. The molecule has 0 bridgehead atoms. The zero-order valence-corrected chi connectivity index (χ0v) is 22.8. The molecule has 11 nitrogen and oxygen atoms in total. The van der Waals surface area contributed by atoms with Crippen molar-refractivity contribution in [3.8, 4) is 0 Å². The molecule has 31 heavy (non-hydrogen) atoms. The van der Waals surface area contributed by atoms with Crippen LogP contribution in [-0.2, 0) is 0 Å². The van der Waals surface area contributed by atoms with Gasteiger partial charge in [-0.1, -0.05) is 0 Å². The van der Waals surface area contributed by atoms with E-state index in [9.17, 15) is 24.6 Å². The lowest BCUT2D eigenvalue weighted by Crippen LogP contribution is -2.46. The van der Waals surface area contributed by atoms with E-state index in [0.29, 0.717) is 3.57 Å². The van der Waals surface area contributed by atoms with Crippen LogP contribution in [0.4, 0.5) is 0 Å². The predicted octanol–water partition coefficient (Wildman–Crippen LogP) is -1.35. The quantitative estimate of drug-likeness (QED) is 0.0812. The predicted molar refractivity (Wildman–Crippen MR) is 137 cm³/mol. The minimum atomic E-state index is -1.21. The molecule has 0 aliphatic rings. The number of aliphatic hydroxyl groups is 4. The van der Waals surface area contributed by atoms with Gasteiger partial charge in [0.15, 0.2) is 5.78 Å². The highest BCUT2D eigenvalue weighted by atomic mass is 127. The van der Waals surface area contributed by atoms with E-state index in [1.165, 1.54) is 7.05 Å². The summed E-state index contributed by atoms with van der Waals surface area (Å²) in [5.41, 5.74) is 8.36. The summed E-state index contributed by atoms with van der Waals surface area (Å²) in [7, 11) is 1.45. The van der Waals surface area contributed by atoms with Crippen LogP contribution in [0, 0.1) is 10.7 Å². The summed E-state index contributed by atoms with van der Waals surface area (Å²) in [6.07, 6.45) is -2.38. The Bertz CT molecular complexity index is 841. The van der Waals surface area contributed by atoms with Crippen molar-refractivity contribution >= 4 is 85.4 Å². The number of carbonyl (C=O) groups excluding carboxylic acids is 3. The molecule has 174 valence electrons. The van der Waals surface area contributed by atoms with Crippen molar-refractivity contribution in [2.45, 2.75) is 12.2 Å². The monoisotopic (exact) mass is 776 g/mol. The minimum Gasteiger partial charge on any atom is -0.394 e. The van der Waals surface area contributed by atoms with E-state index >= 15 is 0 Å². The van der Waals surface area contributed by atoms with E-state index in [-0.39, 0.29) is 43.5 Å². The van der Waals surface area contributed by atoms with Crippen LogP contribution in [0.3, 0.4) is 0 Å². The van der Waals surface area contributed by atoms with Crippen LogP contribution in [0.5, 0.6) is 0 Å². The lowest BCUT2D eigenvalue weighted by atomic mass is 10.0. The number of amides is 2. The van der Waals surface area contributed by atoms with Crippen LogP contribution in [0.2, 0.25) is 0 Å². The van der Waals surface area contributed by atoms with Gasteiger partial charge in [0.05, 0.1) is 49.6 Å². The van der Waals surface area contributed by atoms with Gasteiger partial charge in [-0.3, -0.25) is 19.4 Å². The Balaban J connectivity index is 3.65. The highest BCUT2D eigenvalue weighted by molar-refractivity contribution is 14.1. The smallest absolute Gasteiger partial charge is 0.270 e. The average molecular weight is 776 g/mol. The highest BCUT2D eigenvalue weighted by Gasteiger charge is 2.32. The van der Waals surface area contributed by atoms with Crippen LogP contribution in [0.25, 0.3) is 0 Å². The number of nitrogens with one attached hydrogen (secondary N) is 2. The molecule has 8 N–H and O–H groups in total. The zero-order chi connectivity index (χ0) is 23.9. The first-order chi connectivity index (χ1) is 14.5. The van der Waals surface area contributed by atoms with E-state index < -0.39 is 43.0 Å². The van der Waals surface area contributed by atoms with Crippen molar-refractivity contribution in [3.63, 3.8) is 0 Å². The molecule has 14 heteroatoms. The molecule has 1 rings (SSSR count).